The van der Waals surface area contributed by atoms with Gasteiger partial charge in [-0.1, -0.05) is 18.2 Å². The SMILES string of the molecule is CCOC(=O)c1cnn(-c2ccc(C(=O)N3CC=C(c4ccc(O)cc4)CC3)cc2)c1C(F)(F)F. The standard InChI is InChI=1S/C25H22F3N3O4/c1-2-35-24(34)21-15-29-31(22(21)25(26,27)28)19-7-3-18(4-8-19)23(33)30-13-11-17(12-14-30)16-5-9-20(32)10-6-16/h3-11,15,32H,2,12-14H2,1H3. The number of nitrogens with zero attached hydrogens (tertiary/aromatic N) is 3. The van der Waals surface area contributed by atoms with Crippen LogP contribution >= 0.6 is 0 Å². The highest BCUT2D eigenvalue weighted by molar-refractivity contribution is 5.95. The van der Waals surface area contributed by atoms with Crippen molar-refractivity contribution >= 4 is 17.4 Å². The van der Waals surface area contributed by atoms with E-state index < -0.39 is 23.4 Å². The van der Waals surface area contributed by atoms with Crippen molar-refractivity contribution in [3.05, 3.63) is 83.2 Å². The van der Waals surface area contributed by atoms with E-state index in [1.165, 1.54) is 31.2 Å². The zero-order valence-corrected chi connectivity index (χ0v) is 18.7. The number of alkyl halides is 3. The summed E-state index contributed by atoms with van der Waals surface area (Å²) in [5.41, 5.74) is 0.502. The molecule has 1 amide bonds. The van der Waals surface area contributed by atoms with Crippen LogP contribution in [0.1, 0.15) is 45.3 Å². The number of ether oxygens (including phenoxy) is 1. The van der Waals surface area contributed by atoms with Crippen LogP contribution < -0.4 is 0 Å². The molecule has 0 fully saturated rings. The average molecular weight is 485 g/mol. The number of halogens is 3. The number of hydrogen-bond acceptors (Lipinski definition) is 5. The van der Waals surface area contributed by atoms with E-state index in [2.05, 4.69) is 5.10 Å². The molecule has 0 bridgehead atoms. The Labute approximate surface area is 199 Å². The van der Waals surface area contributed by atoms with E-state index >= 15 is 0 Å². The topological polar surface area (TPSA) is 84.7 Å². The van der Waals surface area contributed by atoms with Crippen molar-refractivity contribution in [2.75, 3.05) is 19.7 Å². The Bertz CT molecular complexity index is 1260. The van der Waals surface area contributed by atoms with Crippen molar-refractivity contribution in [2.24, 2.45) is 0 Å². The van der Waals surface area contributed by atoms with E-state index in [-0.39, 0.29) is 24.0 Å². The first kappa shape index (κ1) is 24.1. The number of aromatic hydroxyl groups is 1. The van der Waals surface area contributed by atoms with Crippen LogP contribution in [-0.2, 0) is 10.9 Å². The lowest BCUT2D eigenvalue weighted by Gasteiger charge is -2.27. The number of aromatic nitrogens is 2. The molecule has 10 heteroatoms. The summed E-state index contributed by atoms with van der Waals surface area (Å²) in [5, 5.41) is 13.2. The van der Waals surface area contributed by atoms with Gasteiger partial charge in [-0.3, -0.25) is 4.79 Å². The molecule has 1 aliphatic rings. The Hall–Kier alpha value is -4.08. The average Bonchev–Trinajstić information content (AvgIpc) is 3.31. The molecule has 182 valence electrons. The number of phenolic OH excluding ortho intramolecular Hbond substituents is 1. The number of carbonyl (C=O) groups excluding carboxylic acids is 2. The van der Waals surface area contributed by atoms with Gasteiger partial charge in [-0.15, -0.1) is 0 Å². The van der Waals surface area contributed by atoms with Crippen LogP contribution in [0.25, 0.3) is 11.3 Å². The molecule has 0 aliphatic carbocycles. The molecule has 0 radical (unpaired) electrons. The lowest BCUT2D eigenvalue weighted by molar-refractivity contribution is -0.143. The number of carbonyl (C=O) groups is 2. The van der Waals surface area contributed by atoms with E-state index in [4.69, 9.17) is 4.74 Å². The van der Waals surface area contributed by atoms with Gasteiger partial charge in [-0.2, -0.15) is 18.3 Å². The highest BCUT2D eigenvalue weighted by atomic mass is 19.4. The smallest absolute Gasteiger partial charge is 0.434 e. The van der Waals surface area contributed by atoms with Gasteiger partial charge in [0.15, 0.2) is 5.69 Å². The van der Waals surface area contributed by atoms with Gasteiger partial charge in [0.25, 0.3) is 5.91 Å². The number of phenols is 1. The van der Waals surface area contributed by atoms with Crippen molar-refractivity contribution < 1.29 is 32.6 Å². The molecule has 1 aromatic heterocycles. The first-order valence-corrected chi connectivity index (χ1v) is 10.9. The lowest BCUT2D eigenvalue weighted by atomic mass is 9.99. The van der Waals surface area contributed by atoms with E-state index in [0.717, 1.165) is 17.3 Å². The van der Waals surface area contributed by atoms with Gasteiger partial charge < -0.3 is 14.7 Å². The summed E-state index contributed by atoms with van der Waals surface area (Å²) < 4.78 is 46.4. The van der Waals surface area contributed by atoms with Gasteiger partial charge >= 0.3 is 12.1 Å². The number of hydrogen-bond donors (Lipinski definition) is 1. The van der Waals surface area contributed by atoms with Crippen molar-refractivity contribution in [1.82, 2.24) is 14.7 Å². The molecule has 0 spiro atoms. The Morgan fingerprint density at radius 2 is 1.77 bits per heavy atom. The van der Waals surface area contributed by atoms with E-state index in [9.17, 15) is 27.9 Å². The van der Waals surface area contributed by atoms with Crippen LogP contribution in [0.3, 0.4) is 0 Å². The molecule has 0 saturated carbocycles. The maximum atomic E-state index is 13.7. The van der Waals surface area contributed by atoms with Crippen LogP contribution in [0, 0.1) is 0 Å². The van der Waals surface area contributed by atoms with Crippen molar-refractivity contribution in [2.45, 2.75) is 19.5 Å². The highest BCUT2D eigenvalue weighted by Crippen LogP contribution is 2.34. The van der Waals surface area contributed by atoms with E-state index in [1.807, 2.05) is 18.2 Å². The van der Waals surface area contributed by atoms with Crippen LogP contribution in [0.5, 0.6) is 5.75 Å². The predicted molar refractivity (Wildman–Crippen MR) is 121 cm³/mol. The Kier molecular flexibility index (Phi) is 6.63. The molecule has 3 aromatic rings. The van der Waals surface area contributed by atoms with Crippen molar-refractivity contribution in [3.63, 3.8) is 0 Å². The van der Waals surface area contributed by atoms with Crippen molar-refractivity contribution in [3.8, 4) is 11.4 Å². The van der Waals surface area contributed by atoms with Gasteiger partial charge in [0.1, 0.15) is 11.3 Å². The summed E-state index contributed by atoms with van der Waals surface area (Å²) in [6.07, 6.45) is -1.44. The molecule has 0 saturated heterocycles. The molecule has 1 N–H and O–H groups in total. The molecule has 0 unspecified atom stereocenters. The molecule has 35 heavy (non-hydrogen) atoms. The zero-order valence-electron chi connectivity index (χ0n) is 18.7. The summed E-state index contributed by atoms with van der Waals surface area (Å²) in [5.74, 6) is -1.18. The third kappa shape index (κ3) is 5.06. The second kappa shape index (κ2) is 9.65. The second-order valence-corrected chi connectivity index (χ2v) is 7.86. The van der Waals surface area contributed by atoms with Crippen LogP contribution in [0.2, 0.25) is 0 Å². The number of benzene rings is 2. The number of esters is 1. The zero-order chi connectivity index (χ0) is 25.2. The highest BCUT2D eigenvalue weighted by Gasteiger charge is 2.41. The second-order valence-electron chi connectivity index (χ2n) is 7.86. The number of rotatable bonds is 5. The fourth-order valence-corrected chi connectivity index (χ4v) is 3.89. The minimum atomic E-state index is -4.84. The van der Waals surface area contributed by atoms with Crippen LogP contribution in [0.4, 0.5) is 13.2 Å². The Balaban J connectivity index is 1.52. The monoisotopic (exact) mass is 485 g/mol. The molecule has 7 nitrogen and oxygen atoms in total. The summed E-state index contributed by atoms with van der Waals surface area (Å²) in [7, 11) is 0. The van der Waals surface area contributed by atoms with Crippen LogP contribution in [0.15, 0.2) is 60.8 Å². The Morgan fingerprint density at radius 1 is 1.09 bits per heavy atom. The minimum absolute atomic E-state index is 0.0533. The molecule has 0 atom stereocenters. The normalized spacial score (nSPS) is 13.9. The third-order valence-electron chi connectivity index (χ3n) is 5.63. The molecule has 2 aromatic carbocycles. The van der Waals surface area contributed by atoms with Gasteiger partial charge in [-0.05, 0) is 60.9 Å². The lowest BCUT2D eigenvalue weighted by Crippen LogP contribution is -2.34. The maximum absolute atomic E-state index is 13.7. The largest absolute Gasteiger partial charge is 0.508 e. The first-order valence-electron chi connectivity index (χ1n) is 10.9. The molecular weight excluding hydrogens is 463 g/mol. The van der Waals surface area contributed by atoms with Crippen LogP contribution in [-0.4, -0.2) is 51.4 Å². The number of amides is 1. The quantitative estimate of drug-likeness (QED) is 0.530. The van der Waals surface area contributed by atoms with E-state index in [1.54, 1.807) is 17.0 Å². The maximum Gasteiger partial charge on any atom is 0.434 e. The fraction of sp³-hybridized carbons (Fsp3) is 0.240. The molecule has 1 aliphatic heterocycles. The first-order chi connectivity index (χ1) is 16.7. The molecule has 2 heterocycles. The Morgan fingerprint density at radius 3 is 2.34 bits per heavy atom. The van der Waals surface area contributed by atoms with Gasteiger partial charge in [-0.25, -0.2) is 9.48 Å². The molecule has 4 rings (SSSR count). The van der Waals surface area contributed by atoms with Gasteiger partial charge in [0, 0.05) is 18.7 Å². The fourth-order valence-electron chi connectivity index (χ4n) is 3.89. The summed E-state index contributed by atoms with van der Waals surface area (Å²) in [6, 6.07) is 12.4. The van der Waals surface area contributed by atoms with E-state index in [0.29, 0.717) is 29.8 Å². The third-order valence-corrected chi connectivity index (χ3v) is 5.63. The van der Waals surface area contributed by atoms with Gasteiger partial charge in [0.2, 0.25) is 0 Å². The summed E-state index contributed by atoms with van der Waals surface area (Å²) >= 11 is 0. The minimum Gasteiger partial charge on any atom is -0.508 e. The predicted octanol–water partition coefficient (Wildman–Crippen LogP) is 4.70. The summed E-state index contributed by atoms with van der Waals surface area (Å²) in [4.78, 5) is 26.5. The summed E-state index contributed by atoms with van der Waals surface area (Å²) in [6.45, 7) is 2.29. The van der Waals surface area contributed by atoms with Gasteiger partial charge in [0.05, 0.1) is 18.5 Å². The van der Waals surface area contributed by atoms with Crippen molar-refractivity contribution in [1.29, 1.82) is 0 Å². The molecular formula is C25H22F3N3O4.